The van der Waals surface area contributed by atoms with Crippen LogP contribution in [0, 0.1) is 11.6 Å². The topological polar surface area (TPSA) is 0 Å². The van der Waals surface area contributed by atoms with Gasteiger partial charge in [0.25, 0.3) is 0 Å². The molecule has 15 heavy (non-hydrogen) atoms. The van der Waals surface area contributed by atoms with Crippen molar-refractivity contribution >= 4 is 15.9 Å². The Balaban J connectivity index is 2.53. The molecule has 0 aromatic heterocycles. The van der Waals surface area contributed by atoms with Gasteiger partial charge in [-0.15, -0.1) is 0 Å². The van der Waals surface area contributed by atoms with Crippen molar-refractivity contribution in [3.05, 3.63) is 35.4 Å². The first-order valence-corrected chi connectivity index (χ1v) is 6.13. The van der Waals surface area contributed by atoms with Crippen LogP contribution in [0.2, 0.25) is 0 Å². The number of aryl methyl sites for hydroxylation is 1. The molecule has 0 fully saturated rings. The zero-order valence-corrected chi connectivity index (χ0v) is 10.4. The van der Waals surface area contributed by atoms with E-state index in [1.54, 1.807) is 0 Å². The van der Waals surface area contributed by atoms with Crippen molar-refractivity contribution in [3.63, 3.8) is 0 Å². The maximum atomic E-state index is 13.2. The Labute approximate surface area is 97.8 Å². The Hall–Kier alpha value is -0.440. The first-order valence-electron chi connectivity index (χ1n) is 5.21. The van der Waals surface area contributed by atoms with Crippen LogP contribution >= 0.6 is 15.9 Å². The summed E-state index contributed by atoms with van der Waals surface area (Å²) in [7, 11) is 0. The van der Waals surface area contributed by atoms with E-state index >= 15 is 0 Å². The van der Waals surface area contributed by atoms with E-state index in [1.807, 2.05) is 0 Å². The lowest BCUT2D eigenvalue weighted by Crippen LogP contribution is -2.01. The standard InChI is InChI=1S/C12H15BrF2/c1-2-3-10(13)5-4-9-8-11(14)6-7-12(9)15/h6-8,10H,2-5H2,1H3. The number of rotatable bonds is 5. The summed E-state index contributed by atoms with van der Waals surface area (Å²) in [6.07, 6.45) is 3.59. The SMILES string of the molecule is CCCC(Br)CCc1cc(F)ccc1F. The second-order valence-electron chi connectivity index (χ2n) is 3.66. The zero-order chi connectivity index (χ0) is 11.3. The Bertz CT molecular complexity index is 312. The quantitative estimate of drug-likeness (QED) is 0.697. The molecule has 0 bridgehead atoms. The minimum atomic E-state index is -0.368. The van der Waals surface area contributed by atoms with Gasteiger partial charge in [-0.05, 0) is 43.0 Å². The summed E-state index contributed by atoms with van der Waals surface area (Å²) in [6, 6.07) is 3.62. The average molecular weight is 277 g/mol. The fourth-order valence-electron chi connectivity index (χ4n) is 1.50. The van der Waals surface area contributed by atoms with Crippen LogP contribution in [0.25, 0.3) is 0 Å². The highest BCUT2D eigenvalue weighted by molar-refractivity contribution is 9.09. The fraction of sp³-hybridized carbons (Fsp3) is 0.500. The van der Waals surface area contributed by atoms with Gasteiger partial charge in [-0.2, -0.15) is 0 Å². The number of alkyl halides is 1. The highest BCUT2D eigenvalue weighted by Gasteiger charge is 2.07. The molecule has 0 aliphatic carbocycles. The average Bonchev–Trinajstić information content (AvgIpc) is 2.20. The van der Waals surface area contributed by atoms with E-state index in [0.717, 1.165) is 25.3 Å². The molecule has 1 rings (SSSR count). The summed E-state index contributed by atoms with van der Waals surface area (Å²) < 4.78 is 26.1. The Morgan fingerprint density at radius 1 is 1.27 bits per heavy atom. The van der Waals surface area contributed by atoms with Crippen LogP contribution in [0.15, 0.2) is 18.2 Å². The second kappa shape index (κ2) is 6.21. The zero-order valence-electron chi connectivity index (χ0n) is 8.77. The van der Waals surface area contributed by atoms with Gasteiger partial charge in [0, 0.05) is 4.83 Å². The van der Waals surface area contributed by atoms with Gasteiger partial charge in [-0.1, -0.05) is 29.3 Å². The van der Waals surface area contributed by atoms with Gasteiger partial charge in [0.15, 0.2) is 0 Å². The Kier molecular flexibility index (Phi) is 5.23. The lowest BCUT2D eigenvalue weighted by atomic mass is 10.1. The van der Waals surface area contributed by atoms with Crippen LogP contribution in [0.5, 0.6) is 0 Å². The minimum Gasteiger partial charge on any atom is -0.207 e. The third-order valence-electron chi connectivity index (χ3n) is 2.34. The Morgan fingerprint density at radius 3 is 2.67 bits per heavy atom. The molecule has 0 heterocycles. The van der Waals surface area contributed by atoms with Gasteiger partial charge in [0.2, 0.25) is 0 Å². The van der Waals surface area contributed by atoms with Gasteiger partial charge < -0.3 is 0 Å². The van der Waals surface area contributed by atoms with Crippen LogP contribution in [0.3, 0.4) is 0 Å². The summed E-state index contributed by atoms with van der Waals surface area (Å²) in [5.41, 5.74) is 0.468. The molecular formula is C12H15BrF2. The van der Waals surface area contributed by atoms with Crippen LogP contribution in [0.4, 0.5) is 8.78 Å². The highest BCUT2D eigenvalue weighted by atomic mass is 79.9. The molecule has 1 unspecified atom stereocenters. The van der Waals surface area contributed by atoms with Crippen molar-refractivity contribution in [1.82, 2.24) is 0 Å². The van der Waals surface area contributed by atoms with E-state index in [2.05, 4.69) is 22.9 Å². The van der Waals surface area contributed by atoms with E-state index in [4.69, 9.17) is 0 Å². The molecule has 0 aliphatic heterocycles. The molecule has 84 valence electrons. The van der Waals surface area contributed by atoms with Crippen molar-refractivity contribution in [1.29, 1.82) is 0 Å². The largest absolute Gasteiger partial charge is 0.207 e. The van der Waals surface area contributed by atoms with E-state index in [-0.39, 0.29) is 11.6 Å². The maximum Gasteiger partial charge on any atom is 0.126 e. The Morgan fingerprint density at radius 2 is 2.00 bits per heavy atom. The number of benzene rings is 1. The third-order valence-corrected chi connectivity index (χ3v) is 3.25. The van der Waals surface area contributed by atoms with Crippen molar-refractivity contribution in [2.75, 3.05) is 0 Å². The predicted molar refractivity (Wildman–Crippen MR) is 62.3 cm³/mol. The van der Waals surface area contributed by atoms with Crippen LogP contribution in [0.1, 0.15) is 31.7 Å². The summed E-state index contributed by atoms with van der Waals surface area (Å²) in [6.45, 7) is 2.11. The van der Waals surface area contributed by atoms with Gasteiger partial charge in [0.1, 0.15) is 11.6 Å². The molecule has 0 saturated carbocycles. The lowest BCUT2D eigenvalue weighted by molar-refractivity contribution is 0.577. The molecule has 0 N–H and O–H groups in total. The molecule has 0 amide bonds. The van der Waals surface area contributed by atoms with Crippen LogP contribution < -0.4 is 0 Å². The molecule has 0 nitrogen and oxygen atoms in total. The molecule has 1 atom stereocenters. The molecule has 0 saturated heterocycles. The first kappa shape index (κ1) is 12.6. The van der Waals surface area contributed by atoms with Crippen molar-refractivity contribution in [3.8, 4) is 0 Å². The first-order chi connectivity index (χ1) is 7.13. The van der Waals surface area contributed by atoms with Crippen molar-refractivity contribution in [2.24, 2.45) is 0 Å². The van der Waals surface area contributed by atoms with Crippen molar-refractivity contribution in [2.45, 2.75) is 37.4 Å². The summed E-state index contributed by atoms with van der Waals surface area (Å²) in [5.74, 6) is -0.680. The smallest absolute Gasteiger partial charge is 0.126 e. The van der Waals surface area contributed by atoms with E-state index in [9.17, 15) is 8.78 Å². The predicted octanol–water partition coefficient (Wildman–Crippen LogP) is 4.46. The summed E-state index contributed by atoms with van der Waals surface area (Å²) in [5, 5.41) is 0. The van der Waals surface area contributed by atoms with Gasteiger partial charge >= 0.3 is 0 Å². The van der Waals surface area contributed by atoms with E-state index < -0.39 is 0 Å². The van der Waals surface area contributed by atoms with Gasteiger partial charge in [-0.25, -0.2) is 8.78 Å². The van der Waals surface area contributed by atoms with Crippen LogP contribution in [-0.2, 0) is 6.42 Å². The normalized spacial score (nSPS) is 12.8. The second-order valence-corrected chi connectivity index (χ2v) is 4.96. The van der Waals surface area contributed by atoms with E-state index in [1.165, 1.54) is 12.1 Å². The molecule has 0 aliphatic rings. The van der Waals surface area contributed by atoms with E-state index in [0.29, 0.717) is 16.8 Å². The molecule has 0 spiro atoms. The molecule has 1 aromatic rings. The highest BCUT2D eigenvalue weighted by Crippen LogP contribution is 2.18. The lowest BCUT2D eigenvalue weighted by Gasteiger charge is -2.08. The van der Waals surface area contributed by atoms with Crippen molar-refractivity contribution < 1.29 is 8.78 Å². The number of hydrogen-bond donors (Lipinski definition) is 0. The molecule has 1 aromatic carbocycles. The van der Waals surface area contributed by atoms with Crippen LogP contribution in [-0.4, -0.2) is 4.83 Å². The maximum absolute atomic E-state index is 13.2. The summed E-state index contributed by atoms with van der Waals surface area (Å²) in [4.78, 5) is 0.394. The van der Waals surface area contributed by atoms with Gasteiger partial charge in [-0.3, -0.25) is 0 Å². The number of halogens is 3. The van der Waals surface area contributed by atoms with Gasteiger partial charge in [0.05, 0.1) is 0 Å². The minimum absolute atomic E-state index is 0.312. The molecule has 3 heteroatoms. The molecular weight excluding hydrogens is 262 g/mol. The molecule has 0 radical (unpaired) electrons. The third kappa shape index (κ3) is 4.29. The number of hydrogen-bond acceptors (Lipinski definition) is 0. The summed E-state index contributed by atoms with van der Waals surface area (Å²) >= 11 is 3.52. The monoisotopic (exact) mass is 276 g/mol. The fourth-order valence-corrected chi connectivity index (χ4v) is 2.19.